The van der Waals surface area contributed by atoms with Crippen molar-refractivity contribution >= 4 is 17.8 Å². The van der Waals surface area contributed by atoms with Gasteiger partial charge in [-0.15, -0.1) is 0 Å². The van der Waals surface area contributed by atoms with Crippen molar-refractivity contribution in [1.29, 1.82) is 0 Å². The molecule has 184 valence electrons. The number of pyridine rings is 1. The summed E-state index contributed by atoms with van der Waals surface area (Å²) in [5.41, 5.74) is 2.06. The second kappa shape index (κ2) is 11.1. The SMILES string of the molecule is COC(=O)[C@H](Cc1cn(C)cn1)NC(=O)Nc1cccc(-c2ccc(Oc3ccc(F)cc3)cc2)n1. The highest BCUT2D eigenvalue weighted by molar-refractivity contribution is 5.92. The Hall–Kier alpha value is -4.73. The molecule has 10 heteroatoms. The van der Waals surface area contributed by atoms with Crippen LogP contribution in [0.15, 0.2) is 79.3 Å². The normalized spacial score (nSPS) is 11.4. The number of ether oxygens (including phenoxy) is 2. The van der Waals surface area contributed by atoms with Crippen LogP contribution >= 0.6 is 0 Å². The lowest BCUT2D eigenvalue weighted by atomic mass is 10.1. The molecule has 0 aliphatic heterocycles. The fourth-order valence-electron chi connectivity index (χ4n) is 3.43. The molecule has 2 N–H and O–H groups in total. The highest BCUT2D eigenvalue weighted by atomic mass is 19.1. The zero-order chi connectivity index (χ0) is 25.5. The van der Waals surface area contributed by atoms with Crippen molar-refractivity contribution in [1.82, 2.24) is 19.9 Å². The minimum Gasteiger partial charge on any atom is -0.467 e. The Balaban J connectivity index is 1.40. The molecule has 2 amide bonds. The van der Waals surface area contributed by atoms with E-state index in [1.165, 1.54) is 19.2 Å². The fourth-order valence-corrected chi connectivity index (χ4v) is 3.43. The number of rotatable bonds is 8. The first-order chi connectivity index (χ1) is 17.4. The molecule has 0 aliphatic rings. The summed E-state index contributed by atoms with van der Waals surface area (Å²) < 4.78 is 25.3. The minimum absolute atomic E-state index is 0.181. The van der Waals surface area contributed by atoms with E-state index in [-0.39, 0.29) is 12.2 Å². The Morgan fingerprint density at radius 3 is 2.36 bits per heavy atom. The monoisotopic (exact) mass is 489 g/mol. The van der Waals surface area contributed by atoms with Crippen molar-refractivity contribution in [3.05, 3.63) is 90.8 Å². The van der Waals surface area contributed by atoms with Gasteiger partial charge in [0.05, 0.1) is 24.8 Å². The van der Waals surface area contributed by atoms with Crippen LogP contribution in [0, 0.1) is 5.82 Å². The van der Waals surface area contributed by atoms with E-state index < -0.39 is 18.0 Å². The third kappa shape index (κ3) is 6.44. The Morgan fingerprint density at radius 1 is 1.03 bits per heavy atom. The summed E-state index contributed by atoms with van der Waals surface area (Å²) in [7, 11) is 3.07. The van der Waals surface area contributed by atoms with Crippen LogP contribution in [0.5, 0.6) is 11.5 Å². The number of benzene rings is 2. The molecule has 0 saturated heterocycles. The maximum absolute atomic E-state index is 13.1. The summed E-state index contributed by atoms with van der Waals surface area (Å²) in [6, 6.07) is 16.6. The first-order valence-corrected chi connectivity index (χ1v) is 11.0. The number of amides is 2. The largest absolute Gasteiger partial charge is 0.467 e. The first-order valence-electron chi connectivity index (χ1n) is 11.0. The summed E-state index contributed by atoms with van der Waals surface area (Å²) in [4.78, 5) is 33.4. The van der Waals surface area contributed by atoms with Gasteiger partial charge >= 0.3 is 12.0 Å². The number of aryl methyl sites for hydroxylation is 1. The maximum atomic E-state index is 13.1. The molecule has 0 aliphatic carbocycles. The molecule has 0 saturated carbocycles. The lowest BCUT2D eigenvalue weighted by Gasteiger charge is -2.16. The Labute approximate surface area is 206 Å². The number of esters is 1. The van der Waals surface area contributed by atoms with Crippen molar-refractivity contribution in [3.63, 3.8) is 0 Å². The fraction of sp³-hybridized carbons (Fsp3) is 0.154. The van der Waals surface area contributed by atoms with Gasteiger partial charge in [0, 0.05) is 25.2 Å². The van der Waals surface area contributed by atoms with Gasteiger partial charge < -0.3 is 19.4 Å². The van der Waals surface area contributed by atoms with Crippen LogP contribution in [-0.2, 0) is 23.0 Å². The van der Waals surface area contributed by atoms with Crippen molar-refractivity contribution in [3.8, 4) is 22.8 Å². The molecule has 0 radical (unpaired) electrons. The van der Waals surface area contributed by atoms with Crippen molar-refractivity contribution < 1.29 is 23.5 Å². The molecule has 4 rings (SSSR count). The van der Waals surface area contributed by atoms with E-state index in [2.05, 4.69) is 20.6 Å². The number of halogens is 1. The molecule has 36 heavy (non-hydrogen) atoms. The maximum Gasteiger partial charge on any atom is 0.328 e. The zero-order valence-electron chi connectivity index (χ0n) is 19.6. The van der Waals surface area contributed by atoms with E-state index in [9.17, 15) is 14.0 Å². The number of carbonyl (C=O) groups is 2. The number of urea groups is 1. The average Bonchev–Trinajstić information content (AvgIpc) is 3.29. The first kappa shape index (κ1) is 24.4. The zero-order valence-corrected chi connectivity index (χ0v) is 19.6. The topological polar surface area (TPSA) is 107 Å². The molecule has 0 spiro atoms. The number of imidazole rings is 1. The third-order valence-corrected chi connectivity index (χ3v) is 5.15. The number of methoxy groups -OCH3 is 1. The van der Waals surface area contributed by atoms with Crippen LogP contribution in [0.2, 0.25) is 0 Å². The lowest BCUT2D eigenvalue weighted by molar-refractivity contribution is -0.142. The summed E-state index contributed by atoms with van der Waals surface area (Å²) in [5, 5.41) is 5.26. The molecule has 4 aromatic rings. The van der Waals surface area contributed by atoms with Crippen LogP contribution in [0.4, 0.5) is 15.0 Å². The number of nitrogens with zero attached hydrogens (tertiary/aromatic N) is 3. The molecule has 0 fully saturated rings. The molecular weight excluding hydrogens is 465 g/mol. The minimum atomic E-state index is -0.915. The number of hydrogen-bond acceptors (Lipinski definition) is 6. The van der Waals surface area contributed by atoms with E-state index >= 15 is 0 Å². The molecule has 9 nitrogen and oxygen atoms in total. The second-order valence-corrected chi connectivity index (χ2v) is 7.90. The number of nitrogens with one attached hydrogen (secondary N) is 2. The molecule has 1 atom stereocenters. The smallest absolute Gasteiger partial charge is 0.328 e. The Kier molecular flexibility index (Phi) is 7.54. The third-order valence-electron chi connectivity index (χ3n) is 5.15. The molecule has 0 bridgehead atoms. The summed E-state index contributed by atoms with van der Waals surface area (Å²) >= 11 is 0. The van der Waals surface area contributed by atoms with Crippen LogP contribution in [-0.4, -0.2) is 39.7 Å². The molecule has 0 unspecified atom stereocenters. The van der Waals surface area contributed by atoms with Gasteiger partial charge in [0.15, 0.2) is 0 Å². The van der Waals surface area contributed by atoms with E-state index in [4.69, 9.17) is 9.47 Å². The van der Waals surface area contributed by atoms with Gasteiger partial charge in [-0.25, -0.2) is 23.9 Å². The molecule has 2 aromatic carbocycles. The predicted octanol–water partition coefficient (Wildman–Crippen LogP) is 4.32. The van der Waals surface area contributed by atoms with Crippen molar-refractivity contribution in [2.24, 2.45) is 7.05 Å². The van der Waals surface area contributed by atoms with E-state index in [0.29, 0.717) is 28.7 Å². The second-order valence-electron chi connectivity index (χ2n) is 7.90. The number of aromatic nitrogens is 3. The molecule has 2 heterocycles. The van der Waals surface area contributed by atoms with Crippen LogP contribution in [0.1, 0.15) is 5.69 Å². The van der Waals surface area contributed by atoms with Gasteiger partial charge in [0.1, 0.15) is 29.2 Å². The summed E-state index contributed by atoms with van der Waals surface area (Å²) in [5.74, 6) is 0.493. The summed E-state index contributed by atoms with van der Waals surface area (Å²) in [6.07, 6.45) is 3.55. The van der Waals surface area contributed by atoms with E-state index in [1.54, 1.807) is 59.6 Å². The standard InChI is InChI=1S/C26H24FN5O4/c1-32-15-19(28-16-32)14-23(25(33)35-2)30-26(34)31-24-5-3-4-22(29-24)17-6-10-20(11-7-17)36-21-12-8-18(27)9-13-21/h3-13,15-16,23H,14H2,1-2H3,(H2,29,30,31,34)/t23-/m0/s1. The molecule has 2 aromatic heterocycles. The highest BCUT2D eigenvalue weighted by Gasteiger charge is 2.23. The number of anilines is 1. The quantitative estimate of drug-likeness (QED) is 0.357. The van der Waals surface area contributed by atoms with Crippen LogP contribution in [0.3, 0.4) is 0 Å². The van der Waals surface area contributed by atoms with Gasteiger partial charge in [0.2, 0.25) is 0 Å². The van der Waals surface area contributed by atoms with Crippen molar-refractivity contribution in [2.45, 2.75) is 12.5 Å². The Bertz CT molecular complexity index is 1340. The van der Waals surface area contributed by atoms with Crippen LogP contribution in [0.25, 0.3) is 11.3 Å². The molecular formula is C26H24FN5O4. The van der Waals surface area contributed by atoms with Gasteiger partial charge in [-0.05, 0) is 60.7 Å². The van der Waals surface area contributed by atoms with Gasteiger partial charge in [-0.3, -0.25) is 5.32 Å². The highest BCUT2D eigenvalue weighted by Crippen LogP contribution is 2.25. The van der Waals surface area contributed by atoms with Gasteiger partial charge in [-0.1, -0.05) is 6.07 Å². The Morgan fingerprint density at radius 2 is 1.72 bits per heavy atom. The van der Waals surface area contributed by atoms with Crippen LogP contribution < -0.4 is 15.4 Å². The lowest BCUT2D eigenvalue weighted by Crippen LogP contribution is -2.45. The van der Waals surface area contributed by atoms with Gasteiger partial charge in [-0.2, -0.15) is 0 Å². The van der Waals surface area contributed by atoms with Gasteiger partial charge in [0.25, 0.3) is 0 Å². The predicted molar refractivity (Wildman–Crippen MR) is 131 cm³/mol. The summed E-state index contributed by atoms with van der Waals surface area (Å²) in [6.45, 7) is 0. The number of carbonyl (C=O) groups excluding carboxylic acids is 2. The van der Waals surface area contributed by atoms with Crippen molar-refractivity contribution in [2.75, 3.05) is 12.4 Å². The number of hydrogen-bond donors (Lipinski definition) is 2. The van der Waals surface area contributed by atoms with E-state index in [0.717, 1.165) is 5.56 Å². The van der Waals surface area contributed by atoms with E-state index in [1.807, 2.05) is 19.2 Å². The average molecular weight is 490 g/mol.